The second kappa shape index (κ2) is 10.5. The van der Waals surface area contributed by atoms with Gasteiger partial charge in [-0.05, 0) is 36.6 Å². The number of aromatic nitrogens is 1. The smallest absolute Gasteiger partial charge is 0.161 e. The van der Waals surface area contributed by atoms with Gasteiger partial charge in [0.2, 0.25) is 0 Å². The van der Waals surface area contributed by atoms with Crippen LogP contribution in [0.4, 0.5) is 0 Å². The highest BCUT2D eigenvalue weighted by atomic mass is 35.5. The molecule has 1 aromatic carbocycles. The number of nitrogens with one attached hydrogen (secondary N) is 1. The molecule has 1 fully saturated rings. The highest BCUT2D eigenvalue weighted by Gasteiger charge is 2.12. The lowest BCUT2D eigenvalue weighted by atomic mass is 9.96. The molecule has 4 nitrogen and oxygen atoms in total. The van der Waals surface area contributed by atoms with E-state index in [1.165, 1.54) is 50.5 Å². The minimum absolute atomic E-state index is 0.431. The Kier molecular flexibility index (Phi) is 7.79. The van der Waals surface area contributed by atoms with Gasteiger partial charge >= 0.3 is 0 Å². The number of methoxy groups -OCH3 is 1. The Bertz CT molecular complexity index is 698. The van der Waals surface area contributed by atoms with Gasteiger partial charge in [-0.2, -0.15) is 0 Å². The van der Waals surface area contributed by atoms with Crippen LogP contribution in [-0.2, 0) is 13.2 Å². The van der Waals surface area contributed by atoms with Crippen LogP contribution in [0.5, 0.6) is 11.5 Å². The third kappa shape index (κ3) is 6.40. The van der Waals surface area contributed by atoms with Gasteiger partial charge in [0.25, 0.3) is 0 Å². The van der Waals surface area contributed by atoms with Crippen molar-refractivity contribution in [1.82, 2.24) is 10.3 Å². The molecular weight excluding hydrogens is 360 g/mol. The van der Waals surface area contributed by atoms with Crippen LogP contribution in [0.2, 0.25) is 5.15 Å². The van der Waals surface area contributed by atoms with Crippen molar-refractivity contribution < 1.29 is 9.47 Å². The van der Waals surface area contributed by atoms with Crippen molar-refractivity contribution >= 4 is 11.6 Å². The van der Waals surface area contributed by atoms with Gasteiger partial charge < -0.3 is 14.8 Å². The first-order chi connectivity index (χ1) is 13.2. The third-order valence-corrected chi connectivity index (χ3v) is 5.33. The summed E-state index contributed by atoms with van der Waals surface area (Å²) in [5, 5.41) is 4.21. The summed E-state index contributed by atoms with van der Waals surface area (Å²) in [7, 11) is 1.68. The van der Waals surface area contributed by atoms with Crippen LogP contribution in [0, 0.1) is 0 Å². The largest absolute Gasteiger partial charge is 0.493 e. The fourth-order valence-electron chi connectivity index (χ4n) is 3.52. The topological polar surface area (TPSA) is 43.4 Å². The zero-order valence-electron chi connectivity index (χ0n) is 16.0. The van der Waals surface area contributed by atoms with Crippen LogP contribution in [0.3, 0.4) is 0 Å². The summed E-state index contributed by atoms with van der Waals surface area (Å²) in [6.45, 7) is 1.29. The summed E-state index contributed by atoms with van der Waals surface area (Å²) < 4.78 is 11.4. The Morgan fingerprint density at radius 3 is 2.44 bits per heavy atom. The van der Waals surface area contributed by atoms with Crippen LogP contribution < -0.4 is 14.8 Å². The van der Waals surface area contributed by atoms with E-state index in [0.717, 1.165) is 23.6 Å². The van der Waals surface area contributed by atoms with E-state index in [1.807, 2.05) is 12.1 Å². The Hall–Kier alpha value is -1.78. The van der Waals surface area contributed by atoms with Crippen LogP contribution in [0.25, 0.3) is 0 Å². The van der Waals surface area contributed by atoms with E-state index in [2.05, 4.69) is 22.4 Å². The molecule has 1 aliphatic rings. The number of halogens is 1. The maximum absolute atomic E-state index is 5.91. The predicted molar refractivity (Wildman–Crippen MR) is 110 cm³/mol. The molecule has 5 heteroatoms. The summed E-state index contributed by atoms with van der Waals surface area (Å²) in [6.07, 6.45) is 11.1. The van der Waals surface area contributed by atoms with E-state index in [4.69, 9.17) is 21.1 Å². The van der Waals surface area contributed by atoms with Crippen LogP contribution in [-0.4, -0.2) is 18.1 Å². The van der Waals surface area contributed by atoms with E-state index in [0.29, 0.717) is 17.8 Å². The Labute approximate surface area is 167 Å². The Morgan fingerprint density at radius 1 is 1.00 bits per heavy atom. The molecule has 0 spiro atoms. The zero-order chi connectivity index (χ0) is 18.9. The number of benzene rings is 1. The Balaban J connectivity index is 1.55. The second-order valence-corrected chi connectivity index (χ2v) is 7.57. The van der Waals surface area contributed by atoms with Crippen molar-refractivity contribution in [1.29, 1.82) is 0 Å². The molecule has 2 aromatic rings. The molecule has 0 radical (unpaired) electrons. The van der Waals surface area contributed by atoms with E-state index < -0.39 is 0 Å². The second-order valence-electron chi connectivity index (χ2n) is 7.19. The number of hydrogen-bond acceptors (Lipinski definition) is 4. The fraction of sp³-hybridized carbons (Fsp3) is 0.500. The van der Waals surface area contributed by atoms with Crippen LogP contribution in [0.15, 0.2) is 36.5 Å². The number of ether oxygens (including phenoxy) is 2. The van der Waals surface area contributed by atoms with Crippen molar-refractivity contribution in [2.45, 2.75) is 64.1 Å². The summed E-state index contributed by atoms with van der Waals surface area (Å²) >= 11 is 5.82. The zero-order valence-corrected chi connectivity index (χ0v) is 16.8. The van der Waals surface area contributed by atoms with Gasteiger partial charge in [-0.1, -0.05) is 55.8 Å². The average molecular weight is 389 g/mol. The van der Waals surface area contributed by atoms with Gasteiger partial charge in [0.15, 0.2) is 11.5 Å². The van der Waals surface area contributed by atoms with Crippen molar-refractivity contribution in [2.75, 3.05) is 7.11 Å². The summed E-state index contributed by atoms with van der Waals surface area (Å²) in [5.41, 5.74) is 2.19. The standard InChI is InChI=1S/C22H29ClN2O2/c1-26-21-13-17(14-24-19-7-5-3-2-4-6-8-19)9-11-20(21)27-16-18-10-12-22(23)25-15-18/h9-13,15,19,24H,2-8,14,16H2,1H3. The monoisotopic (exact) mass is 388 g/mol. The third-order valence-electron chi connectivity index (χ3n) is 5.11. The summed E-state index contributed by atoms with van der Waals surface area (Å²) in [5.74, 6) is 1.50. The molecule has 3 rings (SSSR count). The molecule has 0 unspecified atom stereocenters. The van der Waals surface area contributed by atoms with Gasteiger partial charge in [0.1, 0.15) is 11.8 Å². The van der Waals surface area contributed by atoms with Gasteiger partial charge in [-0.15, -0.1) is 0 Å². The molecule has 0 bridgehead atoms. The SMILES string of the molecule is COc1cc(CNC2CCCCCCC2)ccc1OCc1ccc(Cl)nc1. The maximum atomic E-state index is 5.91. The number of pyridine rings is 1. The van der Waals surface area contributed by atoms with Crippen molar-refractivity contribution in [3.63, 3.8) is 0 Å². The molecule has 0 amide bonds. The molecule has 1 aliphatic carbocycles. The highest BCUT2D eigenvalue weighted by Crippen LogP contribution is 2.29. The van der Waals surface area contributed by atoms with Crippen LogP contribution in [0.1, 0.15) is 56.1 Å². The summed E-state index contributed by atoms with van der Waals surface area (Å²) in [6, 6.07) is 10.5. The molecule has 0 saturated heterocycles. The average Bonchev–Trinajstić information content (AvgIpc) is 2.67. The lowest BCUT2D eigenvalue weighted by molar-refractivity contribution is 0.284. The maximum Gasteiger partial charge on any atom is 0.161 e. The molecule has 27 heavy (non-hydrogen) atoms. The normalized spacial score (nSPS) is 15.8. The van der Waals surface area contributed by atoms with Gasteiger partial charge in [-0.3, -0.25) is 0 Å². The lowest BCUT2D eigenvalue weighted by Crippen LogP contribution is -2.29. The molecule has 0 aliphatic heterocycles. The van der Waals surface area contributed by atoms with E-state index in [1.54, 1.807) is 19.4 Å². The van der Waals surface area contributed by atoms with Gasteiger partial charge in [-0.25, -0.2) is 4.98 Å². The number of rotatable bonds is 7. The first kappa shape index (κ1) is 20.0. The van der Waals surface area contributed by atoms with Gasteiger partial charge in [0, 0.05) is 24.3 Å². The fourth-order valence-corrected chi connectivity index (χ4v) is 3.63. The minimum Gasteiger partial charge on any atom is -0.493 e. The molecule has 1 aromatic heterocycles. The quantitative estimate of drug-likeness (QED) is 0.633. The van der Waals surface area contributed by atoms with Crippen molar-refractivity contribution in [2.24, 2.45) is 0 Å². The van der Waals surface area contributed by atoms with E-state index in [-0.39, 0.29) is 0 Å². The predicted octanol–water partition coefficient (Wildman–Crippen LogP) is 5.53. The van der Waals surface area contributed by atoms with Gasteiger partial charge in [0.05, 0.1) is 7.11 Å². The lowest BCUT2D eigenvalue weighted by Gasteiger charge is -2.21. The molecule has 0 atom stereocenters. The molecule has 146 valence electrons. The Morgan fingerprint density at radius 2 is 1.74 bits per heavy atom. The molecule has 1 N–H and O–H groups in total. The van der Waals surface area contributed by atoms with E-state index >= 15 is 0 Å². The minimum atomic E-state index is 0.431. The number of hydrogen-bond donors (Lipinski definition) is 1. The first-order valence-electron chi connectivity index (χ1n) is 9.88. The molecule has 1 heterocycles. The molecular formula is C22H29ClN2O2. The van der Waals surface area contributed by atoms with Crippen molar-refractivity contribution in [3.8, 4) is 11.5 Å². The summed E-state index contributed by atoms with van der Waals surface area (Å²) in [4.78, 5) is 4.08. The first-order valence-corrected chi connectivity index (χ1v) is 10.3. The molecule has 1 saturated carbocycles. The number of nitrogens with zero attached hydrogens (tertiary/aromatic N) is 1. The van der Waals surface area contributed by atoms with Crippen LogP contribution >= 0.6 is 11.6 Å². The highest BCUT2D eigenvalue weighted by molar-refractivity contribution is 6.29. The van der Waals surface area contributed by atoms with E-state index in [9.17, 15) is 0 Å². The van der Waals surface area contributed by atoms with Crippen molar-refractivity contribution in [3.05, 3.63) is 52.8 Å².